The third-order valence-corrected chi connectivity index (χ3v) is 4.69. The Morgan fingerprint density at radius 3 is 2.52 bits per heavy atom. The monoisotopic (exact) mass is 399 g/mol. The summed E-state index contributed by atoms with van der Waals surface area (Å²) in [5.74, 6) is -4.95. The van der Waals surface area contributed by atoms with Crippen molar-refractivity contribution in [2.24, 2.45) is 11.8 Å². The lowest BCUT2D eigenvalue weighted by Gasteiger charge is -2.10. The number of carbonyl (C=O) groups excluding carboxylic acids is 4. The smallest absolute Gasteiger partial charge is 0.344 e. The van der Waals surface area contributed by atoms with Crippen LogP contribution in [0.3, 0.4) is 0 Å². The zero-order chi connectivity index (χ0) is 21.1. The predicted octanol–water partition coefficient (Wildman–Crippen LogP) is 1.69. The molecule has 29 heavy (non-hydrogen) atoms. The number of esters is 1. The fourth-order valence-electron chi connectivity index (χ4n) is 3.38. The fraction of sp³-hybridized carbons (Fsp3) is 0.300. The Hall–Kier alpha value is -3.62. The standard InChI is InChI=1S/C20H17NO8/c1-2-28-15(22)10-29-12-8-6-11(7-9-12)18(23)17-19(24)13-4-3-5-14(21(26)27)16(13)20(17)25/h3,5-9,13,17H,2,4,10H2,1H3. The van der Waals surface area contributed by atoms with E-state index >= 15 is 0 Å². The first-order valence-corrected chi connectivity index (χ1v) is 8.90. The number of hydrogen-bond acceptors (Lipinski definition) is 8. The third-order valence-electron chi connectivity index (χ3n) is 4.69. The van der Waals surface area contributed by atoms with Crippen LogP contribution in [0.4, 0.5) is 0 Å². The lowest BCUT2D eigenvalue weighted by Crippen LogP contribution is -2.26. The molecule has 0 amide bonds. The van der Waals surface area contributed by atoms with E-state index < -0.39 is 45.8 Å². The molecule has 0 heterocycles. The first kappa shape index (κ1) is 20.1. The molecule has 0 bridgehead atoms. The van der Waals surface area contributed by atoms with Gasteiger partial charge in [0.25, 0.3) is 5.70 Å². The Morgan fingerprint density at radius 1 is 1.21 bits per heavy atom. The van der Waals surface area contributed by atoms with Crippen LogP contribution in [-0.4, -0.2) is 41.5 Å². The maximum atomic E-state index is 12.8. The molecule has 1 aromatic rings. The highest BCUT2D eigenvalue weighted by Crippen LogP contribution is 2.39. The number of allylic oxidation sites excluding steroid dienone is 3. The van der Waals surface area contributed by atoms with Crippen LogP contribution in [0, 0.1) is 22.0 Å². The Labute approximate surface area is 165 Å². The van der Waals surface area contributed by atoms with Gasteiger partial charge in [0.1, 0.15) is 11.7 Å². The number of ketones is 3. The van der Waals surface area contributed by atoms with E-state index in [-0.39, 0.29) is 30.8 Å². The molecule has 0 N–H and O–H groups in total. The van der Waals surface area contributed by atoms with E-state index in [0.29, 0.717) is 5.75 Å². The number of ether oxygens (including phenoxy) is 2. The van der Waals surface area contributed by atoms with Gasteiger partial charge in [-0.2, -0.15) is 0 Å². The molecule has 0 aliphatic heterocycles. The molecular formula is C20H17NO8. The van der Waals surface area contributed by atoms with Crippen molar-refractivity contribution in [3.05, 3.63) is 63.4 Å². The van der Waals surface area contributed by atoms with Gasteiger partial charge in [-0.25, -0.2) is 4.79 Å². The first-order valence-electron chi connectivity index (χ1n) is 8.90. The highest BCUT2D eigenvalue weighted by Gasteiger charge is 2.52. The number of benzene rings is 1. The zero-order valence-corrected chi connectivity index (χ0v) is 15.5. The SMILES string of the molecule is CCOC(=O)COc1ccc(C(=O)C2C(=O)C3=C([N+](=O)[O-])C=CCC3C2=O)cc1. The van der Waals surface area contributed by atoms with Crippen LogP contribution in [0.2, 0.25) is 0 Å². The van der Waals surface area contributed by atoms with Crippen molar-refractivity contribution in [3.63, 3.8) is 0 Å². The van der Waals surface area contributed by atoms with Crippen molar-refractivity contribution < 1.29 is 33.6 Å². The molecule has 0 saturated heterocycles. The van der Waals surface area contributed by atoms with E-state index in [1.54, 1.807) is 6.92 Å². The minimum Gasteiger partial charge on any atom is -0.482 e. The van der Waals surface area contributed by atoms with E-state index in [0.717, 1.165) is 0 Å². The Kier molecular flexibility index (Phi) is 5.67. The number of carbonyl (C=O) groups is 4. The molecule has 9 nitrogen and oxygen atoms in total. The number of fused-ring (bicyclic) bond motifs is 1. The molecule has 1 aromatic carbocycles. The van der Waals surface area contributed by atoms with E-state index in [2.05, 4.69) is 0 Å². The molecule has 2 unspecified atom stereocenters. The molecule has 3 rings (SSSR count). The molecule has 150 valence electrons. The summed E-state index contributed by atoms with van der Waals surface area (Å²) in [6, 6.07) is 5.58. The molecule has 1 fully saturated rings. The van der Waals surface area contributed by atoms with Gasteiger partial charge in [0.2, 0.25) is 0 Å². The van der Waals surface area contributed by atoms with Gasteiger partial charge in [0.05, 0.1) is 23.0 Å². The maximum absolute atomic E-state index is 12.8. The minimum absolute atomic E-state index is 0.0926. The molecular weight excluding hydrogens is 382 g/mol. The van der Waals surface area contributed by atoms with Crippen LogP contribution in [-0.2, 0) is 19.1 Å². The highest BCUT2D eigenvalue weighted by atomic mass is 16.6. The summed E-state index contributed by atoms with van der Waals surface area (Å²) in [5.41, 5.74) is -0.539. The minimum atomic E-state index is -1.59. The number of nitro groups is 1. The summed E-state index contributed by atoms with van der Waals surface area (Å²) >= 11 is 0. The molecule has 0 radical (unpaired) electrons. The van der Waals surface area contributed by atoms with Crippen molar-refractivity contribution in [1.82, 2.24) is 0 Å². The number of hydrogen-bond donors (Lipinski definition) is 0. The van der Waals surface area contributed by atoms with Crippen LogP contribution in [0.1, 0.15) is 23.7 Å². The summed E-state index contributed by atoms with van der Waals surface area (Å²) in [6.45, 7) is 1.60. The second-order valence-electron chi connectivity index (χ2n) is 6.43. The van der Waals surface area contributed by atoms with Gasteiger partial charge < -0.3 is 9.47 Å². The average Bonchev–Trinajstić information content (AvgIpc) is 2.97. The lowest BCUT2D eigenvalue weighted by atomic mass is 9.91. The summed E-state index contributed by atoms with van der Waals surface area (Å²) in [7, 11) is 0. The fourth-order valence-corrected chi connectivity index (χ4v) is 3.38. The largest absolute Gasteiger partial charge is 0.482 e. The Balaban J connectivity index is 1.78. The van der Waals surface area contributed by atoms with E-state index in [4.69, 9.17) is 9.47 Å². The van der Waals surface area contributed by atoms with E-state index in [1.807, 2.05) is 0 Å². The summed E-state index contributed by atoms with van der Waals surface area (Å²) in [4.78, 5) is 59.9. The van der Waals surface area contributed by atoms with Crippen LogP contribution < -0.4 is 4.74 Å². The van der Waals surface area contributed by atoms with Crippen molar-refractivity contribution in [2.75, 3.05) is 13.2 Å². The molecule has 2 atom stereocenters. The zero-order valence-electron chi connectivity index (χ0n) is 15.5. The number of Topliss-reactive ketones (excluding diaryl/α,β-unsaturated/α-hetero) is 3. The molecule has 0 aromatic heterocycles. The van der Waals surface area contributed by atoms with Gasteiger partial charge in [0, 0.05) is 11.6 Å². The van der Waals surface area contributed by atoms with Crippen molar-refractivity contribution in [1.29, 1.82) is 0 Å². The second-order valence-corrected chi connectivity index (χ2v) is 6.43. The summed E-state index contributed by atoms with van der Waals surface area (Å²) < 4.78 is 9.97. The molecule has 1 saturated carbocycles. The Bertz CT molecular complexity index is 957. The highest BCUT2D eigenvalue weighted by molar-refractivity contribution is 6.34. The first-order chi connectivity index (χ1) is 13.8. The van der Waals surface area contributed by atoms with Crippen molar-refractivity contribution >= 4 is 23.3 Å². The average molecular weight is 399 g/mol. The van der Waals surface area contributed by atoms with Crippen molar-refractivity contribution in [3.8, 4) is 5.75 Å². The van der Waals surface area contributed by atoms with Gasteiger partial charge in [-0.1, -0.05) is 6.08 Å². The van der Waals surface area contributed by atoms with E-state index in [9.17, 15) is 29.3 Å². The number of rotatable bonds is 7. The normalized spacial score (nSPS) is 20.4. The van der Waals surface area contributed by atoms with Gasteiger partial charge >= 0.3 is 5.97 Å². The van der Waals surface area contributed by atoms with Gasteiger partial charge in [-0.3, -0.25) is 24.5 Å². The van der Waals surface area contributed by atoms with Gasteiger partial charge in [0.15, 0.2) is 24.0 Å². The summed E-state index contributed by atoms with van der Waals surface area (Å²) in [6.07, 6.45) is 2.81. The van der Waals surface area contributed by atoms with Crippen LogP contribution >= 0.6 is 0 Å². The van der Waals surface area contributed by atoms with Crippen LogP contribution in [0.15, 0.2) is 47.7 Å². The van der Waals surface area contributed by atoms with Gasteiger partial charge in [-0.05, 0) is 37.6 Å². The second kappa shape index (κ2) is 8.17. The number of nitrogens with zero attached hydrogens (tertiary/aromatic N) is 1. The van der Waals surface area contributed by atoms with Crippen LogP contribution in [0.25, 0.3) is 0 Å². The third kappa shape index (κ3) is 3.84. The quantitative estimate of drug-likeness (QED) is 0.223. The van der Waals surface area contributed by atoms with E-state index in [1.165, 1.54) is 36.4 Å². The topological polar surface area (TPSA) is 130 Å². The van der Waals surface area contributed by atoms with Crippen molar-refractivity contribution in [2.45, 2.75) is 13.3 Å². The summed E-state index contributed by atoms with van der Waals surface area (Å²) in [5, 5.41) is 11.2. The maximum Gasteiger partial charge on any atom is 0.344 e. The molecule has 2 aliphatic rings. The predicted molar refractivity (Wildman–Crippen MR) is 97.7 cm³/mol. The lowest BCUT2D eigenvalue weighted by molar-refractivity contribution is -0.420. The van der Waals surface area contributed by atoms with Gasteiger partial charge in [-0.15, -0.1) is 0 Å². The molecule has 2 aliphatic carbocycles. The molecule has 0 spiro atoms. The van der Waals surface area contributed by atoms with Crippen LogP contribution in [0.5, 0.6) is 5.75 Å². The Morgan fingerprint density at radius 2 is 1.90 bits per heavy atom. The molecule has 9 heteroatoms.